The van der Waals surface area contributed by atoms with Gasteiger partial charge in [-0.05, 0) is 32.4 Å². The highest BCUT2D eigenvalue weighted by Gasteiger charge is 2.60. The van der Waals surface area contributed by atoms with Crippen LogP contribution in [-0.2, 0) is 20.5 Å². The van der Waals surface area contributed by atoms with Crippen molar-refractivity contribution in [3.63, 3.8) is 0 Å². The fraction of sp³-hybridized carbons (Fsp3) is 0.286. The summed E-state index contributed by atoms with van der Waals surface area (Å²) in [7, 11) is 0. The molecule has 0 aromatic heterocycles. The lowest BCUT2D eigenvalue weighted by Gasteiger charge is -2.36. The summed E-state index contributed by atoms with van der Waals surface area (Å²) in [6.45, 7) is 5.28. The molecule has 4 nitrogen and oxygen atoms in total. The summed E-state index contributed by atoms with van der Waals surface area (Å²) in [6.07, 6.45) is 0.0792. The molecule has 2 aromatic rings. The number of aryl methyl sites for hydroxylation is 1. The second-order valence-corrected chi connectivity index (χ2v) is 6.78. The minimum absolute atomic E-state index is 0.0613. The molecule has 0 aliphatic carbocycles. The van der Waals surface area contributed by atoms with Crippen LogP contribution in [0.4, 0.5) is 0 Å². The van der Waals surface area contributed by atoms with Crippen LogP contribution >= 0.6 is 0 Å². The molecule has 0 radical (unpaired) electrons. The number of carbonyl (C=O) groups is 2. The molecule has 1 aliphatic rings. The normalized spacial score (nSPS) is 25.3. The molecular weight excluding hydrogens is 314 g/mol. The quantitative estimate of drug-likeness (QED) is 0.632. The first kappa shape index (κ1) is 16.9. The fourth-order valence-corrected chi connectivity index (χ4v) is 3.57. The Balaban J connectivity index is 2.25. The van der Waals surface area contributed by atoms with E-state index in [2.05, 4.69) is 6.07 Å². The molecule has 1 fully saturated rings. The molecule has 1 heterocycles. The van der Waals surface area contributed by atoms with Gasteiger partial charge in [0, 0.05) is 11.1 Å². The van der Waals surface area contributed by atoms with Crippen LogP contribution in [0.2, 0.25) is 0 Å². The SMILES string of the molecule is CC(=O)c1cccc(C2(C)CC(=O)OC2(C#N)c2cccc(C)c2)c1. The summed E-state index contributed by atoms with van der Waals surface area (Å²) in [5.74, 6) is -0.479. The molecule has 0 bridgehead atoms. The average Bonchev–Trinajstić information content (AvgIpc) is 2.87. The van der Waals surface area contributed by atoms with Crippen molar-refractivity contribution < 1.29 is 14.3 Å². The molecule has 2 atom stereocenters. The van der Waals surface area contributed by atoms with Crippen LogP contribution in [-0.4, -0.2) is 11.8 Å². The van der Waals surface area contributed by atoms with Crippen LogP contribution in [0.15, 0.2) is 48.5 Å². The van der Waals surface area contributed by atoms with Gasteiger partial charge in [-0.15, -0.1) is 0 Å². The van der Waals surface area contributed by atoms with Gasteiger partial charge in [0.1, 0.15) is 6.07 Å². The highest BCUT2D eigenvalue weighted by atomic mass is 16.6. The molecule has 4 heteroatoms. The van der Waals surface area contributed by atoms with E-state index in [4.69, 9.17) is 4.74 Å². The Kier molecular flexibility index (Phi) is 3.96. The maximum absolute atomic E-state index is 12.2. The number of esters is 1. The summed E-state index contributed by atoms with van der Waals surface area (Å²) < 4.78 is 5.62. The summed E-state index contributed by atoms with van der Waals surface area (Å²) in [5, 5.41) is 10.1. The monoisotopic (exact) mass is 333 g/mol. The maximum atomic E-state index is 12.2. The smallest absolute Gasteiger partial charge is 0.308 e. The Morgan fingerprint density at radius 1 is 1.16 bits per heavy atom. The summed E-state index contributed by atoms with van der Waals surface area (Å²) >= 11 is 0. The zero-order valence-electron chi connectivity index (χ0n) is 14.5. The predicted octanol–water partition coefficient (Wildman–Crippen LogP) is 3.82. The third-order valence-electron chi connectivity index (χ3n) is 5.03. The minimum atomic E-state index is -1.43. The molecule has 0 N–H and O–H groups in total. The highest BCUT2D eigenvalue weighted by Crippen LogP contribution is 2.52. The Morgan fingerprint density at radius 3 is 2.48 bits per heavy atom. The number of ketones is 1. The van der Waals surface area contributed by atoms with E-state index in [0.29, 0.717) is 11.1 Å². The number of hydrogen-bond donors (Lipinski definition) is 0. The molecule has 0 spiro atoms. The van der Waals surface area contributed by atoms with Gasteiger partial charge >= 0.3 is 5.97 Å². The highest BCUT2D eigenvalue weighted by molar-refractivity contribution is 5.94. The van der Waals surface area contributed by atoms with Crippen LogP contribution in [0.3, 0.4) is 0 Å². The summed E-state index contributed by atoms with van der Waals surface area (Å²) in [6, 6.07) is 16.8. The van der Waals surface area contributed by atoms with Gasteiger partial charge in [-0.3, -0.25) is 9.59 Å². The summed E-state index contributed by atoms with van der Waals surface area (Å²) in [4.78, 5) is 24.0. The van der Waals surface area contributed by atoms with Gasteiger partial charge in [0.15, 0.2) is 5.78 Å². The van der Waals surface area contributed by atoms with Gasteiger partial charge in [0.25, 0.3) is 0 Å². The third kappa shape index (κ3) is 2.53. The van der Waals surface area contributed by atoms with Crippen molar-refractivity contribution in [2.75, 3.05) is 0 Å². The number of carbonyl (C=O) groups excluding carboxylic acids is 2. The van der Waals surface area contributed by atoms with E-state index in [1.54, 1.807) is 18.2 Å². The van der Waals surface area contributed by atoms with Crippen molar-refractivity contribution in [2.24, 2.45) is 0 Å². The number of cyclic esters (lactones) is 1. The van der Waals surface area contributed by atoms with Gasteiger partial charge in [-0.2, -0.15) is 5.26 Å². The van der Waals surface area contributed by atoms with Gasteiger partial charge in [0.05, 0.1) is 11.8 Å². The van der Waals surface area contributed by atoms with Crippen LogP contribution < -0.4 is 0 Å². The molecular formula is C21H19NO3. The van der Waals surface area contributed by atoms with E-state index in [9.17, 15) is 14.9 Å². The van der Waals surface area contributed by atoms with E-state index in [0.717, 1.165) is 11.1 Å². The van der Waals surface area contributed by atoms with Crippen molar-refractivity contribution in [1.29, 1.82) is 5.26 Å². The van der Waals surface area contributed by atoms with Gasteiger partial charge in [0.2, 0.25) is 5.60 Å². The van der Waals surface area contributed by atoms with Crippen molar-refractivity contribution >= 4 is 11.8 Å². The zero-order valence-corrected chi connectivity index (χ0v) is 14.5. The van der Waals surface area contributed by atoms with Gasteiger partial charge in [-0.25, -0.2) is 0 Å². The largest absolute Gasteiger partial charge is 0.438 e. The number of nitriles is 1. The van der Waals surface area contributed by atoms with Crippen molar-refractivity contribution in [3.05, 3.63) is 70.8 Å². The van der Waals surface area contributed by atoms with Crippen molar-refractivity contribution in [3.8, 4) is 6.07 Å². The second-order valence-electron chi connectivity index (χ2n) is 6.78. The topological polar surface area (TPSA) is 67.2 Å². The first-order chi connectivity index (χ1) is 11.8. The summed E-state index contributed by atoms with van der Waals surface area (Å²) in [5.41, 5.74) is 0.610. The number of Topliss-reactive ketones (excluding diaryl/α,β-unsaturated/α-hetero) is 1. The van der Waals surface area contributed by atoms with Crippen LogP contribution in [0.25, 0.3) is 0 Å². The third-order valence-corrected chi connectivity index (χ3v) is 5.03. The first-order valence-electron chi connectivity index (χ1n) is 8.14. The van der Waals surface area contributed by atoms with Crippen LogP contribution in [0, 0.1) is 18.3 Å². The van der Waals surface area contributed by atoms with Gasteiger partial charge in [-0.1, -0.05) is 48.0 Å². The number of rotatable bonds is 3. The van der Waals surface area contributed by atoms with E-state index in [1.165, 1.54) is 6.92 Å². The second kappa shape index (κ2) is 5.86. The molecule has 2 aromatic carbocycles. The number of nitrogens with zero attached hydrogens (tertiary/aromatic N) is 1. The molecule has 25 heavy (non-hydrogen) atoms. The lowest BCUT2D eigenvalue weighted by molar-refractivity contribution is -0.146. The predicted molar refractivity (Wildman–Crippen MR) is 93.0 cm³/mol. The first-order valence-corrected chi connectivity index (χ1v) is 8.14. The van der Waals surface area contributed by atoms with Gasteiger partial charge < -0.3 is 4.74 Å². The van der Waals surface area contributed by atoms with Crippen LogP contribution in [0.5, 0.6) is 0 Å². The molecule has 0 saturated carbocycles. The van der Waals surface area contributed by atoms with Crippen molar-refractivity contribution in [2.45, 2.75) is 38.2 Å². The number of hydrogen-bond acceptors (Lipinski definition) is 4. The molecule has 1 saturated heterocycles. The zero-order chi connectivity index (χ0) is 18.2. The standard InChI is InChI=1S/C21H19NO3/c1-14-6-4-9-18(10-14)21(13-22)20(3,12-19(24)25-21)17-8-5-7-16(11-17)15(2)23/h4-11H,12H2,1-3H3. The van der Waals surface area contributed by atoms with E-state index in [-0.39, 0.29) is 12.2 Å². The Labute approximate surface area is 147 Å². The van der Waals surface area contributed by atoms with E-state index >= 15 is 0 Å². The Bertz CT molecular complexity index is 911. The average molecular weight is 333 g/mol. The Hall–Kier alpha value is -2.93. The lowest BCUT2D eigenvalue weighted by Crippen LogP contribution is -2.43. The fourth-order valence-electron chi connectivity index (χ4n) is 3.57. The number of benzene rings is 2. The lowest BCUT2D eigenvalue weighted by atomic mass is 9.65. The molecule has 3 rings (SSSR count). The Morgan fingerprint density at radius 2 is 1.84 bits per heavy atom. The molecule has 1 aliphatic heterocycles. The van der Waals surface area contributed by atoms with Crippen molar-refractivity contribution in [1.82, 2.24) is 0 Å². The molecule has 2 unspecified atom stereocenters. The van der Waals surface area contributed by atoms with E-state index < -0.39 is 17.0 Å². The molecule has 126 valence electrons. The van der Waals surface area contributed by atoms with Crippen LogP contribution in [0.1, 0.15) is 47.3 Å². The molecule has 0 amide bonds. The number of ether oxygens (including phenoxy) is 1. The minimum Gasteiger partial charge on any atom is -0.438 e. The maximum Gasteiger partial charge on any atom is 0.308 e. The van der Waals surface area contributed by atoms with E-state index in [1.807, 2.05) is 44.2 Å².